The van der Waals surface area contributed by atoms with Crippen LogP contribution in [0.2, 0.25) is 0 Å². The van der Waals surface area contributed by atoms with Gasteiger partial charge in [-0.15, -0.1) is 0 Å². The molecule has 88 valence electrons. The van der Waals surface area contributed by atoms with Gasteiger partial charge in [0, 0.05) is 7.11 Å². The summed E-state index contributed by atoms with van der Waals surface area (Å²) in [7, 11) is -3.03. The highest BCUT2D eigenvalue weighted by molar-refractivity contribution is 7.79. The summed E-state index contributed by atoms with van der Waals surface area (Å²) >= 11 is 0. The summed E-state index contributed by atoms with van der Waals surface area (Å²) < 4.78 is 36.6. The van der Waals surface area contributed by atoms with Crippen molar-refractivity contribution in [3.05, 3.63) is 24.3 Å². The third-order valence-corrected chi connectivity index (χ3v) is 1.42. The van der Waals surface area contributed by atoms with Gasteiger partial charge in [-0.2, -0.15) is 8.42 Å². The van der Waals surface area contributed by atoms with Crippen LogP contribution in [0.5, 0.6) is 0 Å². The van der Waals surface area contributed by atoms with Gasteiger partial charge in [0.1, 0.15) is 5.66 Å². The second kappa shape index (κ2) is 5.35. The van der Waals surface area contributed by atoms with E-state index < -0.39 is 16.1 Å². The van der Waals surface area contributed by atoms with Gasteiger partial charge in [-0.1, -0.05) is 12.2 Å². The predicted molar refractivity (Wildman–Crippen MR) is 54.4 cm³/mol. The first-order chi connectivity index (χ1) is 6.64. The van der Waals surface area contributed by atoms with Crippen molar-refractivity contribution in [2.45, 2.75) is 11.8 Å². The standard InChI is InChI=1S/C7H12N2O.H2O4S/c1-10-6-2-4-7(8,9)5-3-6;1-5(2,3)4/h2-6H,8-9H2,1H3;(H2,1,2,3,4). The Hall–Kier alpha value is -0.770. The van der Waals surface area contributed by atoms with Crippen LogP contribution in [0.4, 0.5) is 0 Å². The molecule has 0 aromatic rings. The van der Waals surface area contributed by atoms with Crippen molar-refractivity contribution in [3.8, 4) is 0 Å². The summed E-state index contributed by atoms with van der Waals surface area (Å²) in [5.41, 5.74) is 10.3. The maximum atomic E-state index is 8.74. The van der Waals surface area contributed by atoms with E-state index >= 15 is 0 Å². The predicted octanol–water partition coefficient (Wildman–Crippen LogP) is -0.912. The molecule has 0 aliphatic heterocycles. The van der Waals surface area contributed by atoms with Crippen molar-refractivity contribution in [1.29, 1.82) is 0 Å². The van der Waals surface area contributed by atoms with Gasteiger partial charge in [0.25, 0.3) is 0 Å². The lowest BCUT2D eigenvalue weighted by molar-refractivity contribution is 0.175. The Morgan fingerprint density at radius 1 is 1.27 bits per heavy atom. The molecule has 0 fully saturated rings. The van der Waals surface area contributed by atoms with Gasteiger partial charge in [0.15, 0.2) is 0 Å². The van der Waals surface area contributed by atoms with Crippen LogP contribution in [-0.4, -0.2) is 36.4 Å². The second-order valence-corrected chi connectivity index (χ2v) is 3.76. The zero-order valence-electron chi connectivity index (χ0n) is 8.07. The lowest BCUT2D eigenvalue weighted by Gasteiger charge is -2.20. The topological polar surface area (TPSA) is 136 Å². The van der Waals surface area contributed by atoms with Gasteiger partial charge < -0.3 is 16.2 Å². The van der Waals surface area contributed by atoms with Crippen LogP contribution in [0.1, 0.15) is 0 Å². The average molecular weight is 238 g/mol. The minimum absolute atomic E-state index is 0.0280. The molecule has 0 saturated heterocycles. The van der Waals surface area contributed by atoms with E-state index in [0.717, 1.165) is 0 Å². The number of hydrogen-bond donors (Lipinski definition) is 4. The molecule has 0 saturated carbocycles. The van der Waals surface area contributed by atoms with E-state index in [0.29, 0.717) is 0 Å². The van der Waals surface area contributed by atoms with Crippen LogP contribution >= 0.6 is 0 Å². The summed E-state index contributed by atoms with van der Waals surface area (Å²) in [5, 5.41) is 0. The van der Waals surface area contributed by atoms with Gasteiger partial charge in [-0.3, -0.25) is 9.11 Å². The van der Waals surface area contributed by atoms with Gasteiger partial charge >= 0.3 is 10.4 Å². The van der Waals surface area contributed by atoms with E-state index in [1.54, 1.807) is 19.3 Å². The lowest BCUT2D eigenvalue weighted by Crippen LogP contribution is -2.46. The Labute approximate surface area is 88.0 Å². The van der Waals surface area contributed by atoms with Crippen LogP contribution in [0.25, 0.3) is 0 Å². The van der Waals surface area contributed by atoms with Gasteiger partial charge in [-0.05, 0) is 12.2 Å². The molecule has 1 aliphatic carbocycles. The Morgan fingerprint density at radius 2 is 1.60 bits per heavy atom. The lowest BCUT2D eigenvalue weighted by atomic mass is 10.0. The summed E-state index contributed by atoms with van der Waals surface area (Å²) in [5.74, 6) is 0. The van der Waals surface area contributed by atoms with Crippen molar-refractivity contribution in [3.63, 3.8) is 0 Å². The third-order valence-electron chi connectivity index (χ3n) is 1.42. The molecule has 1 rings (SSSR count). The smallest absolute Gasteiger partial charge is 0.373 e. The SMILES string of the molecule is COC1C=CC(N)(N)C=C1.O=S(=O)(O)O. The Bertz CT molecular complexity index is 322. The van der Waals surface area contributed by atoms with Crippen molar-refractivity contribution >= 4 is 10.4 Å². The van der Waals surface area contributed by atoms with E-state index in [2.05, 4.69) is 0 Å². The fourth-order valence-corrected chi connectivity index (χ4v) is 0.800. The molecule has 0 unspecified atom stereocenters. The van der Waals surface area contributed by atoms with Gasteiger partial charge in [0.05, 0.1) is 6.10 Å². The van der Waals surface area contributed by atoms with Crippen LogP contribution in [-0.2, 0) is 15.1 Å². The Morgan fingerprint density at radius 3 is 1.87 bits per heavy atom. The molecule has 8 heteroatoms. The maximum Gasteiger partial charge on any atom is 0.394 e. The minimum atomic E-state index is -4.67. The highest BCUT2D eigenvalue weighted by Gasteiger charge is 2.15. The summed E-state index contributed by atoms with van der Waals surface area (Å²) in [6.07, 6.45) is 7.14. The van der Waals surface area contributed by atoms with Gasteiger partial charge in [-0.25, -0.2) is 0 Å². The first-order valence-corrected chi connectivity index (χ1v) is 5.23. The highest BCUT2D eigenvalue weighted by Crippen LogP contribution is 2.08. The highest BCUT2D eigenvalue weighted by atomic mass is 32.3. The molecule has 0 aromatic carbocycles. The largest absolute Gasteiger partial charge is 0.394 e. The fraction of sp³-hybridized carbons (Fsp3) is 0.429. The molecule has 0 heterocycles. The fourth-order valence-electron chi connectivity index (χ4n) is 0.800. The molecular weight excluding hydrogens is 224 g/mol. The maximum absolute atomic E-state index is 8.74. The van der Waals surface area contributed by atoms with Crippen LogP contribution in [0, 0.1) is 0 Å². The molecule has 0 aromatic heterocycles. The Kier molecular flexibility index (Phi) is 5.08. The van der Waals surface area contributed by atoms with Gasteiger partial charge in [0.2, 0.25) is 0 Å². The molecule has 0 atom stereocenters. The quantitative estimate of drug-likeness (QED) is 0.263. The second-order valence-electron chi connectivity index (χ2n) is 2.87. The zero-order valence-corrected chi connectivity index (χ0v) is 8.89. The van der Waals surface area contributed by atoms with Crippen molar-refractivity contribution in [2.24, 2.45) is 11.5 Å². The Balaban J connectivity index is 0.000000336. The average Bonchev–Trinajstić information content (AvgIpc) is 2.01. The summed E-state index contributed by atoms with van der Waals surface area (Å²) in [4.78, 5) is 0. The zero-order chi connectivity index (χ0) is 12.1. The monoisotopic (exact) mass is 238 g/mol. The number of methoxy groups -OCH3 is 1. The van der Waals surface area contributed by atoms with Crippen LogP contribution < -0.4 is 11.5 Å². The number of rotatable bonds is 1. The molecule has 0 bridgehead atoms. The first kappa shape index (κ1) is 14.2. The number of ether oxygens (including phenoxy) is 1. The molecule has 15 heavy (non-hydrogen) atoms. The third kappa shape index (κ3) is 9.53. The summed E-state index contributed by atoms with van der Waals surface area (Å²) in [6, 6.07) is 0. The van der Waals surface area contributed by atoms with Crippen molar-refractivity contribution < 1.29 is 22.3 Å². The molecule has 1 aliphatic rings. The first-order valence-electron chi connectivity index (χ1n) is 3.83. The van der Waals surface area contributed by atoms with E-state index in [-0.39, 0.29) is 6.10 Å². The molecule has 0 radical (unpaired) electrons. The molecule has 7 nitrogen and oxygen atoms in total. The molecule has 6 N–H and O–H groups in total. The van der Waals surface area contributed by atoms with E-state index in [4.69, 9.17) is 33.7 Å². The number of hydrogen-bond acceptors (Lipinski definition) is 5. The van der Waals surface area contributed by atoms with E-state index in [1.165, 1.54) is 0 Å². The van der Waals surface area contributed by atoms with E-state index in [9.17, 15) is 0 Å². The molecule has 0 amide bonds. The summed E-state index contributed by atoms with van der Waals surface area (Å²) in [6.45, 7) is 0. The van der Waals surface area contributed by atoms with Crippen LogP contribution in [0.3, 0.4) is 0 Å². The number of nitrogens with two attached hydrogens (primary N) is 2. The van der Waals surface area contributed by atoms with E-state index in [1.807, 2.05) is 12.2 Å². The van der Waals surface area contributed by atoms with Crippen LogP contribution in [0.15, 0.2) is 24.3 Å². The molecular formula is C7H14N2O5S. The van der Waals surface area contributed by atoms with Crippen molar-refractivity contribution in [1.82, 2.24) is 0 Å². The normalized spacial score (nSPS) is 19.5. The van der Waals surface area contributed by atoms with Crippen molar-refractivity contribution in [2.75, 3.05) is 7.11 Å². The molecule has 0 spiro atoms. The minimum Gasteiger partial charge on any atom is -0.373 e.